The summed E-state index contributed by atoms with van der Waals surface area (Å²) in [5, 5.41) is 2.97. The molecule has 2 rings (SSSR count). The molecule has 1 heterocycles. The minimum atomic E-state index is -3.97. The average molecular weight is 406 g/mol. The van der Waals surface area contributed by atoms with Crippen LogP contribution in [0.2, 0.25) is 0 Å². The molecule has 0 fully saturated rings. The van der Waals surface area contributed by atoms with E-state index in [1.54, 1.807) is 19.4 Å². The van der Waals surface area contributed by atoms with Gasteiger partial charge in [0.1, 0.15) is 0 Å². The lowest BCUT2D eigenvalue weighted by atomic mass is 10.1. The second-order valence-electron chi connectivity index (χ2n) is 6.58. The zero-order chi connectivity index (χ0) is 20.2. The van der Waals surface area contributed by atoms with Gasteiger partial charge in [0.15, 0.2) is 0 Å². The van der Waals surface area contributed by atoms with E-state index < -0.39 is 7.60 Å². The molecule has 0 saturated heterocycles. The number of anilines is 1. The van der Waals surface area contributed by atoms with Crippen molar-refractivity contribution in [2.45, 2.75) is 52.4 Å². The van der Waals surface area contributed by atoms with Crippen LogP contribution in [0.4, 0.5) is 5.69 Å². The molecule has 1 unspecified atom stereocenters. The molecular formula is C20H31N4O3P. The monoisotopic (exact) mass is 406 g/mol. The Morgan fingerprint density at radius 1 is 1.18 bits per heavy atom. The zero-order valence-corrected chi connectivity index (χ0v) is 17.6. The van der Waals surface area contributed by atoms with Crippen LogP contribution in [0.3, 0.4) is 0 Å². The van der Waals surface area contributed by atoms with Gasteiger partial charge in [-0.2, -0.15) is 0 Å². The molecule has 154 valence electrons. The molecule has 0 bridgehead atoms. The van der Waals surface area contributed by atoms with Gasteiger partial charge < -0.3 is 19.7 Å². The fourth-order valence-electron chi connectivity index (χ4n) is 2.79. The van der Waals surface area contributed by atoms with Crippen LogP contribution in [0.15, 0.2) is 41.8 Å². The number of rotatable bonds is 12. The summed E-state index contributed by atoms with van der Waals surface area (Å²) in [6.07, 6.45) is 10.2. The van der Waals surface area contributed by atoms with Crippen molar-refractivity contribution >= 4 is 18.9 Å². The molecule has 2 aromatic rings. The molecule has 7 nitrogen and oxygen atoms in total. The molecule has 1 aromatic carbocycles. The Bertz CT molecular complexity index is 760. The maximum absolute atomic E-state index is 12.5. The Labute approximate surface area is 167 Å². The highest BCUT2D eigenvalue weighted by Gasteiger charge is 2.27. The largest absolute Gasteiger partial charge is 0.393 e. The van der Waals surface area contributed by atoms with Gasteiger partial charge in [-0.1, -0.05) is 51.2 Å². The van der Waals surface area contributed by atoms with Crippen molar-refractivity contribution in [3.8, 4) is 11.3 Å². The highest BCUT2D eigenvalue weighted by atomic mass is 31.2. The van der Waals surface area contributed by atoms with Crippen molar-refractivity contribution in [3.05, 3.63) is 36.8 Å². The molecule has 1 aromatic heterocycles. The number of aliphatic imine (C=N–C) groups is 1. The first-order valence-electron chi connectivity index (χ1n) is 9.95. The third kappa shape index (κ3) is 7.23. The molecule has 1 atom stereocenters. The summed E-state index contributed by atoms with van der Waals surface area (Å²) >= 11 is 0. The fourth-order valence-corrected chi connectivity index (χ4v) is 3.81. The van der Waals surface area contributed by atoms with Gasteiger partial charge in [-0.05, 0) is 31.0 Å². The van der Waals surface area contributed by atoms with Gasteiger partial charge in [0, 0.05) is 12.2 Å². The number of hydrogen-bond acceptors (Lipinski definition) is 4. The summed E-state index contributed by atoms with van der Waals surface area (Å²) in [6.45, 7) is 4.52. The second-order valence-corrected chi connectivity index (χ2v) is 8.30. The fraction of sp³-hybridized carbons (Fsp3) is 0.500. The van der Waals surface area contributed by atoms with E-state index in [0.29, 0.717) is 12.2 Å². The molecule has 0 saturated carbocycles. The van der Waals surface area contributed by atoms with Gasteiger partial charge >= 0.3 is 7.60 Å². The van der Waals surface area contributed by atoms with Crippen LogP contribution < -0.4 is 5.32 Å². The van der Waals surface area contributed by atoms with E-state index in [-0.39, 0.29) is 12.2 Å². The number of aromatic nitrogens is 2. The lowest BCUT2D eigenvalue weighted by molar-refractivity contribution is 0.286. The molecule has 0 aliphatic heterocycles. The van der Waals surface area contributed by atoms with E-state index in [0.717, 1.165) is 24.1 Å². The van der Waals surface area contributed by atoms with Gasteiger partial charge in [0.05, 0.1) is 24.8 Å². The van der Waals surface area contributed by atoms with Crippen molar-refractivity contribution in [3.63, 3.8) is 0 Å². The number of nitrogens with zero attached hydrogens (tertiary/aromatic N) is 2. The smallest absolute Gasteiger partial charge is 0.345 e. The third-order valence-corrected chi connectivity index (χ3v) is 5.69. The normalized spacial score (nSPS) is 14.0. The molecule has 0 spiro atoms. The van der Waals surface area contributed by atoms with E-state index in [2.05, 4.69) is 27.2 Å². The van der Waals surface area contributed by atoms with E-state index in [1.165, 1.54) is 25.7 Å². The Morgan fingerprint density at radius 3 is 2.54 bits per heavy atom. The van der Waals surface area contributed by atoms with Crippen LogP contribution in [0, 0.1) is 0 Å². The molecule has 28 heavy (non-hydrogen) atoms. The lowest BCUT2D eigenvalue weighted by Crippen LogP contribution is -2.15. The van der Waals surface area contributed by atoms with Crippen molar-refractivity contribution in [1.29, 1.82) is 0 Å². The van der Waals surface area contributed by atoms with E-state index in [1.807, 2.05) is 24.3 Å². The van der Waals surface area contributed by atoms with Crippen LogP contribution in [-0.2, 0) is 9.09 Å². The molecule has 0 radical (unpaired) electrons. The summed E-state index contributed by atoms with van der Waals surface area (Å²) in [5.74, 6) is 0. The number of imidazole rings is 1. The number of aromatic amines is 1. The second kappa shape index (κ2) is 11.8. The van der Waals surface area contributed by atoms with E-state index in [4.69, 9.17) is 4.52 Å². The molecule has 0 aliphatic carbocycles. The first-order valence-corrected chi connectivity index (χ1v) is 11.5. The zero-order valence-electron chi connectivity index (χ0n) is 16.7. The topological polar surface area (TPSA) is 99.6 Å². The first kappa shape index (κ1) is 22.3. The number of amidine groups is 1. The molecule has 3 N–H and O–H groups in total. The maximum Gasteiger partial charge on any atom is 0.393 e. The summed E-state index contributed by atoms with van der Waals surface area (Å²) in [4.78, 5) is 21.6. The summed E-state index contributed by atoms with van der Waals surface area (Å²) in [5.41, 5.74) is 2.56. The van der Waals surface area contributed by atoms with Crippen LogP contribution in [-0.4, -0.2) is 33.6 Å². The molecule has 0 amide bonds. The van der Waals surface area contributed by atoms with Crippen LogP contribution in [0.1, 0.15) is 52.4 Å². The van der Waals surface area contributed by atoms with Crippen LogP contribution >= 0.6 is 7.60 Å². The first-order chi connectivity index (χ1) is 13.6. The predicted molar refractivity (Wildman–Crippen MR) is 115 cm³/mol. The standard InChI is InChI=1S/C20H31N4O3P/c1-3-5-6-7-8-9-14-22-20(28(25,26)27-4-2)24-18-12-10-17(11-13-18)19-15-21-16-23-19/h10-13,15-16H,3-9,14H2,1-2H3,(H,21,23)(H,22,24)(H,25,26). The van der Waals surface area contributed by atoms with Crippen molar-refractivity contribution in [2.24, 2.45) is 4.99 Å². The number of unbranched alkanes of at least 4 members (excludes halogenated alkanes) is 5. The van der Waals surface area contributed by atoms with Gasteiger partial charge in [-0.15, -0.1) is 0 Å². The average Bonchev–Trinajstić information content (AvgIpc) is 3.21. The van der Waals surface area contributed by atoms with Gasteiger partial charge in [-0.25, -0.2) is 4.98 Å². The Morgan fingerprint density at radius 2 is 1.89 bits per heavy atom. The summed E-state index contributed by atoms with van der Waals surface area (Å²) < 4.78 is 17.6. The van der Waals surface area contributed by atoms with Crippen molar-refractivity contribution in [2.75, 3.05) is 18.5 Å². The highest BCUT2D eigenvalue weighted by molar-refractivity contribution is 7.71. The van der Waals surface area contributed by atoms with Crippen molar-refractivity contribution < 1.29 is 14.0 Å². The van der Waals surface area contributed by atoms with Gasteiger partial charge in [0.25, 0.3) is 0 Å². The maximum atomic E-state index is 12.5. The Hall–Kier alpha value is -1.95. The quantitative estimate of drug-likeness (QED) is 0.189. The minimum absolute atomic E-state index is 0.00259. The van der Waals surface area contributed by atoms with Crippen LogP contribution in [0.25, 0.3) is 11.3 Å². The number of H-pyrrole nitrogens is 1. The summed E-state index contributed by atoms with van der Waals surface area (Å²) in [6, 6.07) is 7.49. The number of hydrogen-bond donors (Lipinski definition) is 3. The molecule has 0 aliphatic rings. The predicted octanol–water partition coefficient (Wildman–Crippen LogP) is 5.43. The van der Waals surface area contributed by atoms with Gasteiger partial charge in [0.2, 0.25) is 5.58 Å². The molecule has 8 heteroatoms. The van der Waals surface area contributed by atoms with Crippen molar-refractivity contribution in [1.82, 2.24) is 9.97 Å². The third-order valence-electron chi connectivity index (χ3n) is 4.30. The van der Waals surface area contributed by atoms with Crippen LogP contribution in [0.5, 0.6) is 0 Å². The Balaban J connectivity index is 2.00. The Kier molecular flexibility index (Phi) is 9.41. The summed E-state index contributed by atoms with van der Waals surface area (Å²) in [7, 11) is -3.97. The molecular weight excluding hydrogens is 375 g/mol. The van der Waals surface area contributed by atoms with E-state index >= 15 is 0 Å². The van der Waals surface area contributed by atoms with E-state index in [9.17, 15) is 9.46 Å². The highest BCUT2D eigenvalue weighted by Crippen LogP contribution is 2.43. The minimum Gasteiger partial charge on any atom is -0.345 e. The lowest BCUT2D eigenvalue weighted by Gasteiger charge is -2.16. The SMILES string of the molecule is CCCCCCCCN=C(Nc1ccc(-c2cnc[nH]2)cc1)P(=O)(O)OCC. The van der Waals surface area contributed by atoms with Gasteiger partial charge in [-0.3, -0.25) is 9.56 Å². The number of benzene rings is 1. The number of nitrogens with one attached hydrogen (secondary N) is 2.